The van der Waals surface area contributed by atoms with Crippen LogP contribution >= 0.6 is 0 Å². The first-order valence-electron chi connectivity index (χ1n) is 6.63. The average molecular weight is 279 g/mol. The maximum atomic E-state index is 12.3. The minimum Gasteiger partial charge on any atom is -0.454 e. The number of hydrogen-bond acceptors (Lipinski definition) is 5. The third-order valence-electron chi connectivity index (χ3n) is 3.77. The summed E-state index contributed by atoms with van der Waals surface area (Å²) in [5.74, 6) is 0.992. The first-order valence-corrected chi connectivity index (χ1v) is 6.63. The maximum absolute atomic E-state index is 12.3. The van der Waals surface area contributed by atoms with E-state index in [0.717, 1.165) is 0 Å². The van der Waals surface area contributed by atoms with Gasteiger partial charge in [-0.3, -0.25) is 4.79 Å². The van der Waals surface area contributed by atoms with Gasteiger partial charge < -0.3 is 24.6 Å². The molecule has 0 radical (unpaired) electrons. The first-order chi connectivity index (χ1) is 9.72. The minimum atomic E-state index is -0.592. The van der Waals surface area contributed by atoms with Gasteiger partial charge in [0.15, 0.2) is 11.5 Å². The van der Waals surface area contributed by atoms with E-state index in [9.17, 15) is 9.90 Å². The molecular weight excluding hydrogens is 262 g/mol. The highest BCUT2D eigenvalue weighted by Crippen LogP contribution is 2.32. The van der Waals surface area contributed by atoms with E-state index in [0.29, 0.717) is 43.1 Å². The van der Waals surface area contributed by atoms with Gasteiger partial charge in [-0.05, 0) is 31.0 Å². The van der Waals surface area contributed by atoms with Crippen LogP contribution in [0.4, 0.5) is 0 Å². The summed E-state index contributed by atoms with van der Waals surface area (Å²) in [7, 11) is 0. The highest BCUT2D eigenvalue weighted by molar-refractivity contribution is 5.95. The molecule has 2 heterocycles. The number of carbonyl (C=O) groups is 1. The molecule has 6 heteroatoms. The van der Waals surface area contributed by atoms with E-state index in [1.165, 1.54) is 0 Å². The Bertz CT molecular complexity index is 510. The predicted molar refractivity (Wildman–Crippen MR) is 69.9 cm³/mol. The molecule has 2 aliphatic rings. The summed E-state index contributed by atoms with van der Waals surface area (Å²) < 4.78 is 15.7. The van der Waals surface area contributed by atoms with Gasteiger partial charge in [0.1, 0.15) is 0 Å². The van der Waals surface area contributed by atoms with Crippen molar-refractivity contribution in [1.29, 1.82) is 0 Å². The molecule has 0 saturated carbocycles. The van der Waals surface area contributed by atoms with Crippen LogP contribution in [-0.2, 0) is 4.74 Å². The van der Waals surface area contributed by atoms with Crippen LogP contribution in [0.5, 0.6) is 11.5 Å². The lowest BCUT2D eigenvalue weighted by Gasteiger charge is -2.36. The van der Waals surface area contributed by atoms with E-state index >= 15 is 0 Å². The Morgan fingerprint density at radius 3 is 2.75 bits per heavy atom. The van der Waals surface area contributed by atoms with Crippen LogP contribution in [0.3, 0.4) is 0 Å². The van der Waals surface area contributed by atoms with Crippen LogP contribution in [0.1, 0.15) is 23.2 Å². The van der Waals surface area contributed by atoms with E-state index in [2.05, 4.69) is 5.32 Å². The molecule has 20 heavy (non-hydrogen) atoms. The molecule has 1 aromatic rings. The highest BCUT2D eigenvalue weighted by Gasteiger charge is 2.34. The fourth-order valence-corrected chi connectivity index (χ4v) is 2.44. The molecule has 0 aromatic heterocycles. The Balaban J connectivity index is 1.75. The second-order valence-corrected chi connectivity index (χ2v) is 5.07. The van der Waals surface area contributed by atoms with Crippen molar-refractivity contribution in [3.05, 3.63) is 23.8 Å². The van der Waals surface area contributed by atoms with Crippen LogP contribution < -0.4 is 14.8 Å². The predicted octanol–water partition coefficient (Wildman–Crippen LogP) is 0.687. The van der Waals surface area contributed by atoms with E-state index in [4.69, 9.17) is 14.2 Å². The number of hydrogen-bond donors (Lipinski definition) is 2. The summed E-state index contributed by atoms with van der Waals surface area (Å²) in [5.41, 5.74) is -0.0975. The molecule has 108 valence electrons. The zero-order valence-electron chi connectivity index (χ0n) is 11.1. The highest BCUT2D eigenvalue weighted by atomic mass is 16.7. The molecule has 0 aliphatic carbocycles. The van der Waals surface area contributed by atoms with E-state index < -0.39 is 5.54 Å². The SMILES string of the molecule is O=C(NC1(CO)CCOCC1)c1ccc2c(c1)OCO2. The van der Waals surface area contributed by atoms with E-state index in [-0.39, 0.29) is 19.3 Å². The summed E-state index contributed by atoms with van der Waals surface area (Å²) >= 11 is 0. The molecular formula is C14H17NO5. The Labute approximate surface area is 116 Å². The summed E-state index contributed by atoms with van der Waals surface area (Å²) in [6.45, 7) is 1.18. The van der Waals surface area contributed by atoms with E-state index in [1.54, 1.807) is 18.2 Å². The summed E-state index contributed by atoms with van der Waals surface area (Å²) in [6, 6.07) is 5.06. The fraction of sp³-hybridized carbons (Fsp3) is 0.500. The molecule has 3 rings (SSSR count). The minimum absolute atomic E-state index is 0.0906. The van der Waals surface area contributed by atoms with Crippen LogP contribution in [-0.4, -0.2) is 43.2 Å². The standard InChI is InChI=1S/C14H17NO5/c16-8-14(3-5-18-6-4-14)15-13(17)10-1-2-11-12(7-10)20-9-19-11/h1-2,7,16H,3-6,8-9H2,(H,15,17). The van der Waals surface area contributed by atoms with Crippen molar-refractivity contribution >= 4 is 5.91 Å². The van der Waals surface area contributed by atoms with Crippen molar-refractivity contribution in [2.75, 3.05) is 26.6 Å². The average Bonchev–Trinajstić information content (AvgIpc) is 2.95. The number of carbonyl (C=O) groups excluding carboxylic acids is 1. The molecule has 0 bridgehead atoms. The monoisotopic (exact) mass is 279 g/mol. The molecule has 0 unspecified atom stereocenters. The van der Waals surface area contributed by atoms with Crippen LogP contribution in [0.25, 0.3) is 0 Å². The van der Waals surface area contributed by atoms with Gasteiger partial charge >= 0.3 is 0 Å². The van der Waals surface area contributed by atoms with Crippen molar-refractivity contribution in [1.82, 2.24) is 5.32 Å². The van der Waals surface area contributed by atoms with Gasteiger partial charge in [-0.2, -0.15) is 0 Å². The van der Waals surface area contributed by atoms with Crippen molar-refractivity contribution in [2.45, 2.75) is 18.4 Å². The molecule has 1 saturated heterocycles. The lowest BCUT2D eigenvalue weighted by Crippen LogP contribution is -2.54. The van der Waals surface area contributed by atoms with E-state index in [1.807, 2.05) is 0 Å². The van der Waals surface area contributed by atoms with Gasteiger partial charge in [-0.15, -0.1) is 0 Å². The van der Waals surface area contributed by atoms with Gasteiger partial charge in [0.25, 0.3) is 5.91 Å². The van der Waals surface area contributed by atoms with Gasteiger partial charge in [-0.25, -0.2) is 0 Å². The number of aliphatic hydroxyl groups excluding tert-OH is 1. The quantitative estimate of drug-likeness (QED) is 0.851. The lowest BCUT2D eigenvalue weighted by atomic mass is 9.90. The number of ether oxygens (including phenoxy) is 3. The number of aliphatic hydroxyl groups is 1. The number of rotatable bonds is 3. The zero-order valence-corrected chi connectivity index (χ0v) is 11.1. The molecule has 2 N–H and O–H groups in total. The van der Waals surface area contributed by atoms with Crippen molar-refractivity contribution in [3.8, 4) is 11.5 Å². The number of amides is 1. The van der Waals surface area contributed by atoms with Crippen LogP contribution in [0, 0.1) is 0 Å². The fourth-order valence-electron chi connectivity index (χ4n) is 2.44. The molecule has 2 aliphatic heterocycles. The van der Waals surface area contributed by atoms with Crippen LogP contribution in [0.15, 0.2) is 18.2 Å². The smallest absolute Gasteiger partial charge is 0.251 e. The van der Waals surface area contributed by atoms with Crippen LogP contribution in [0.2, 0.25) is 0 Å². The maximum Gasteiger partial charge on any atom is 0.251 e. The second-order valence-electron chi connectivity index (χ2n) is 5.07. The number of benzene rings is 1. The third-order valence-corrected chi connectivity index (χ3v) is 3.77. The number of fused-ring (bicyclic) bond motifs is 1. The topological polar surface area (TPSA) is 77.0 Å². The van der Waals surface area contributed by atoms with Crippen molar-refractivity contribution in [2.24, 2.45) is 0 Å². The van der Waals surface area contributed by atoms with Gasteiger partial charge in [0.2, 0.25) is 6.79 Å². The third kappa shape index (κ3) is 2.44. The normalized spacial score (nSPS) is 19.6. The Kier molecular flexibility index (Phi) is 3.50. The summed E-state index contributed by atoms with van der Waals surface area (Å²) in [6.07, 6.45) is 1.22. The number of nitrogens with one attached hydrogen (secondary N) is 1. The van der Waals surface area contributed by atoms with Crippen molar-refractivity contribution < 1.29 is 24.1 Å². The first kappa shape index (κ1) is 13.2. The lowest BCUT2D eigenvalue weighted by molar-refractivity contribution is 0.0125. The zero-order chi connectivity index (χ0) is 14.0. The largest absolute Gasteiger partial charge is 0.454 e. The molecule has 1 fully saturated rings. The second kappa shape index (κ2) is 5.30. The Morgan fingerprint density at radius 2 is 2.00 bits per heavy atom. The molecule has 0 atom stereocenters. The molecule has 6 nitrogen and oxygen atoms in total. The van der Waals surface area contributed by atoms with Gasteiger partial charge in [-0.1, -0.05) is 0 Å². The van der Waals surface area contributed by atoms with Gasteiger partial charge in [0.05, 0.1) is 12.1 Å². The van der Waals surface area contributed by atoms with Crippen molar-refractivity contribution in [3.63, 3.8) is 0 Å². The van der Waals surface area contributed by atoms with Gasteiger partial charge in [0, 0.05) is 18.8 Å². The molecule has 0 spiro atoms. The summed E-state index contributed by atoms with van der Waals surface area (Å²) in [4.78, 5) is 12.3. The Hall–Kier alpha value is -1.79. The Morgan fingerprint density at radius 1 is 1.25 bits per heavy atom. The summed E-state index contributed by atoms with van der Waals surface area (Å²) in [5, 5.41) is 12.5. The molecule has 1 amide bonds. The molecule has 1 aromatic carbocycles.